The second kappa shape index (κ2) is 7.49. The molecule has 0 unspecified atom stereocenters. The van der Waals surface area contributed by atoms with Crippen molar-refractivity contribution in [2.75, 3.05) is 7.11 Å². The van der Waals surface area contributed by atoms with Crippen molar-refractivity contribution in [3.05, 3.63) is 12.2 Å². The van der Waals surface area contributed by atoms with Crippen LogP contribution < -0.4 is 0 Å². The molecule has 1 aliphatic carbocycles. The average molecular weight is 210 g/mol. The maximum atomic E-state index is 10.8. The minimum absolute atomic E-state index is 0.243. The van der Waals surface area contributed by atoms with Gasteiger partial charge in [0.15, 0.2) is 0 Å². The molecule has 2 heteroatoms. The van der Waals surface area contributed by atoms with Gasteiger partial charge in [0.05, 0.1) is 7.11 Å². The van der Waals surface area contributed by atoms with Crippen molar-refractivity contribution < 1.29 is 9.53 Å². The second-order valence-corrected chi connectivity index (χ2v) is 4.36. The van der Waals surface area contributed by atoms with Crippen LogP contribution in [0.3, 0.4) is 0 Å². The van der Waals surface area contributed by atoms with Crippen LogP contribution in [0.2, 0.25) is 0 Å². The van der Waals surface area contributed by atoms with Crippen molar-refractivity contribution in [1.82, 2.24) is 0 Å². The Morgan fingerprint density at radius 3 is 2.73 bits per heavy atom. The van der Waals surface area contributed by atoms with Gasteiger partial charge in [-0.1, -0.05) is 44.6 Å². The van der Waals surface area contributed by atoms with Gasteiger partial charge < -0.3 is 4.74 Å². The van der Waals surface area contributed by atoms with Crippen LogP contribution in [0.5, 0.6) is 0 Å². The standard InChI is InChI=1S/C13H22O2/c1-15-13(14)11-7-3-6-10-12-8-4-2-5-9-12/h7,11-12H,2-6,8-10H2,1H3/b11-7+. The molecular formula is C13H22O2. The molecule has 0 amide bonds. The highest BCUT2D eigenvalue weighted by Crippen LogP contribution is 2.27. The number of rotatable bonds is 5. The smallest absolute Gasteiger partial charge is 0.330 e. The highest BCUT2D eigenvalue weighted by atomic mass is 16.5. The van der Waals surface area contributed by atoms with Gasteiger partial charge in [0.25, 0.3) is 0 Å². The van der Waals surface area contributed by atoms with Crippen LogP contribution >= 0.6 is 0 Å². The molecule has 15 heavy (non-hydrogen) atoms. The Morgan fingerprint density at radius 1 is 1.33 bits per heavy atom. The van der Waals surface area contributed by atoms with Gasteiger partial charge in [-0.25, -0.2) is 4.79 Å². The normalized spacial score (nSPS) is 18.2. The Bertz CT molecular complexity index is 203. The van der Waals surface area contributed by atoms with Gasteiger partial charge in [0, 0.05) is 6.08 Å². The number of carbonyl (C=O) groups excluding carboxylic acids is 1. The predicted molar refractivity (Wildman–Crippen MR) is 61.6 cm³/mol. The van der Waals surface area contributed by atoms with Crippen molar-refractivity contribution in [2.45, 2.75) is 51.4 Å². The third kappa shape index (κ3) is 5.60. The first-order valence-corrected chi connectivity index (χ1v) is 6.07. The van der Waals surface area contributed by atoms with E-state index < -0.39 is 0 Å². The topological polar surface area (TPSA) is 26.3 Å². The SMILES string of the molecule is COC(=O)/C=C/CCCC1CCCCC1. The molecule has 1 saturated carbocycles. The summed E-state index contributed by atoms with van der Waals surface area (Å²) >= 11 is 0. The quantitative estimate of drug-likeness (QED) is 0.394. The molecule has 0 atom stereocenters. The molecule has 1 fully saturated rings. The Hall–Kier alpha value is -0.790. The van der Waals surface area contributed by atoms with Crippen LogP contribution in [0, 0.1) is 5.92 Å². The molecule has 0 N–H and O–H groups in total. The van der Waals surface area contributed by atoms with E-state index in [0.29, 0.717) is 0 Å². The van der Waals surface area contributed by atoms with Crippen molar-refractivity contribution in [3.8, 4) is 0 Å². The minimum atomic E-state index is -0.243. The molecule has 0 saturated heterocycles. The number of methoxy groups -OCH3 is 1. The highest BCUT2D eigenvalue weighted by Gasteiger charge is 2.11. The van der Waals surface area contributed by atoms with E-state index in [1.54, 1.807) is 0 Å². The van der Waals surface area contributed by atoms with Gasteiger partial charge in [-0.15, -0.1) is 0 Å². The Kier molecular flexibility index (Phi) is 6.14. The Morgan fingerprint density at radius 2 is 2.07 bits per heavy atom. The number of allylic oxidation sites excluding steroid dienone is 1. The maximum absolute atomic E-state index is 10.8. The van der Waals surface area contributed by atoms with E-state index in [1.807, 2.05) is 6.08 Å². The molecule has 0 aliphatic heterocycles. The third-order valence-electron chi connectivity index (χ3n) is 3.16. The number of hydrogen-bond donors (Lipinski definition) is 0. The van der Waals surface area contributed by atoms with Crippen LogP contribution in [0.25, 0.3) is 0 Å². The lowest BCUT2D eigenvalue weighted by Crippen LogP contribution is -2.05. The fourth-order valence-electron chi connectivity index (χ4n) is 2.25. The molecule has 2 nitrogen and oxygen atoms in total. The van der Waals surface area contributed by atoms with Crippen molar-refractivity contribution in [3.63, 3.8) is 0 Å². The average Bonchev–Trinajstić information content (AvgIpc) is 2.29. The van der Waals surface area contributed by atoms with E-state index in [4.69, 9.17) is 0 Å². The highest BCUT2D eigenvalue weighted by molar-refractivity contribution is 5.81. The summed E-state index contributed by atoms with van der Waals surface area (Å²) in [5.74, 6) is 0.706. The van der Waals surface area contributed by atoms with Gasteiger partial charge in [-0.3, -0.25) is 0 Å². The van der Waals surface area contributed by atoms with E-state index in [1.165, 1.54) is 58.1 Å². The zero-order chi connectivity index (χ0) is 10.9. The van der Waals surface area contributed by atoms with E-state index in [-0.39, 0.29) is 5.97 Å². The first kappa shape index (κ1) is 12.3. The lowest BCUT2D eigenvalue weighted by atomic mass is 9.86. The van der Waals surface area contributed by atoms with Crippen LogP contribution in [-0.2, 0) is 9.53 Å². The van der Waals surface area contributed by atoms with Crippen LogP contribution in [0.15, 0.2) is 12.2 Å². The summed E-state index contributed by atoms with van der Waals surface area (Å²) in [5, 5.41) is 0. The monoisotopic (exact) mass is 210 g/mol. The minimum Gasteiger partial charge on any atom is -0.466 e. The summed E-state index contributed by atoms with van der Waals surface area (Å²) < 4.78 is 4.52. The first-order valence-electron chi connectivity index (χ1n) is 6.07. The van der Waals surface area contributed by atoms with Crippen LogP contribution in [0.1, 0.15) is 51.4 Å². The fraction of sp³-hybridized carbons (Fsp3) is 0.769. The molecule has 86 valence electrons. The van der Waals surface area contributed by atoms with E-state index in [2.05, 4.69) is 4.74 Å². The largest absolute Gasteiger partial charge is 0.466 e. The number of hydrogen-bond acceptors (Lipinski definition) is 2. The molecule has 0 aromatic rings. The molecule has 0 heterocycles. The second-order valence-electron chi connectivity index (χ2n) is 4.36. The summed E-state index contributed by atoms with van der Waals surface area (Å²) in [7, 11) is 1.41. The molecule has 0 bridgehead atoms. The summed E-state index contributed by atoms with van der Waals surface area (Å²) in [6.07, 6.45) is 14.1. The van der Waals surface area contributed by atoms with Crippen molar-refractivity contribution >= 4 is 5.97 Å². The molecule has 0 spiro atoms. The Labute approximate surface area is 92.7 Å². The van der Waals surface area contributed by atoms with Crippen LogP contribution in [-0.4, -0.2) is 13.1 Å². The van der Waals surface area contributed by atoms with E-state index in [9.17, 15) is 4.79 Å². The van der Waals surface area contributed by atoms with Gasteiger partial charge in [-0.2, -0.15) is 0 Å². The van der Waals surface area contributed by atoms with Crippen molar-refractivity contribution in [1.29, 1.82) is 0 Å². The van der Waals surface area contributed by atoms with Gasteiger partial charge >= 0.3 is 5.97 Å². The summed E-state index contributed by atoms with van der Waals surface area (Å²) in [6.45, 7) is 0. The van der Waals surface area contributed by atoms with Crippen LogP contribution in [0.4, 0.5) is 0 Å². The molecule has 1 aliphatic rings. The molecule has 0 aromatic carbocycles. The number of carbonyl (C=O) groups is 1. The lowest BCUT2D eigenvalue weighted by molar-refractivity contribution is -0.134. The lowest BCUT2D eigenvalue weighted by Gasteiger charge is -2.20. The van der Waals surface area contributed by atoms with Gasteiger partial charge in [0.2, 0.25) is 0 Å². The van der Waals surface area contributed by atoms with E-state index in [0.717, 1.165) is 12.3 Å². The summed E-state index contributed by atoms with van der Waals surface area (Å²) in [5.41, 5.74) is 0. The van der Waals surface area contributed by atoms with E-state index >= 15 is 0 Å². The zero-order valence-corrected chi connectivity index (χ0v) is 9.71. The third-order valence-corrected chi connectivity index (χ3v) is 3.16. The zero-order valence-electron chi connectivity index (χ0n) is 9.71. The van der Waals surface area contributed by atoms with Crippen molar-refractivity contribution in [2.24, 2.45) is 5.92 Å². The first-order chi connectivity index (χ1) is 7.33. The summed E-state index contributed by atoms with van der Waals surface area (Å²) in [4.78, 5) is 10.8. The molecular weight excluding hydrogens is 188 g/mol. The number of unbranched alkanes of at least 4 members (excludes halogenated alkanes) is 1. The Balaban J connectivity index is 2.00. The van der Waals surface area contributed by atoms with Gasteiger partial charge in [0.1, 0.15) is 0 Å². The van der Waals surface area contributed by atoms with Gasteiger partial charge in [-0.05, 0) is 18.8 Å². The molecule has 0 aromatic heterocycles. The number of ether oxygens (including phenoxy) is 1. The number of esters is 1. The molecule has 0 radical (unpaired) electrons. The fourth-order valence-corrected chi connectivity index (χ4v) is 2.25. The predicted octanol–water partition coefficient (Wildman–Crippen LogP) is 3.47. The maximum Gasteiger partial charge on any atom is 0.330 e. The molecule has 1 rings (SSSR count). The summed E-state index contributed by atoms with van der Waals surface area (Å²) in [6, 6.07) is 0.